The van der Waals surface area contributed by atoms with Gasteiger partial charge in [-0.05, 0) is 31.0 Å². The Balaban J connectivity index is 2.02. The van der Waals surface area contributed by atoms with Crippen molar-refractivity contribution in [2.24, 2.45) is 11.0 Å². The van der Waals surface area contributed by atoms with Gasteiger partial charge in [-0.25, -0.2) is 9.69 Å². The first-order valence-corrected chi connectivity index (χ1v) is 6.82. The van der Waals surface area contributed by atoms with Crippen LogP contribution in [0.2, 0.25) is 0 Å². The highest BCUT2D eigenvalue weighted by Gasteiger charge is 2.55. The van der Waals surface area contributed by atoms with E-state index >= 15 is 0 Å². The molecule has 2 heterocycles. The van der Waals surface area contributed by atoms with E-state index in [9.17, 15) is 14.4 Å². The summed E-state index contributed by atoms with van der Waals surface area (Å²) in [7, 11) is 1.21. The Kier molecular flexibility index (Phi) is 3.20. The Morgan fingerprint density at radius 2 is 2.00 bits per heavy atom. The van der Waals surface area contributed by atoms with Crippen LogP contribution in [0.5, 0.6) is 0 Å². The molecule has 22 heavy (non-hydrogen) atoms. The first-order chi connectivity index (χ1) is 10.5. The Labute approximate surface area is 126 Å². The number of ether oxygens (including phenoxy) is 1. The normalized spacial score (nSPS) is 23.2. The van der Waals surface area contributed by atoms with Crippen molar-refractivity contribution in [1.82, 2.24) is 5.43 Å². The molecule has 114 valence electrons. The number of rotatable bonds is 2. The zero-order chi connectivity index (χ0) is 16.0. The molecule has 0 bridgehead atoms. The Morgan fingerprint density at radius 3 is 2.68 bits per heavy atom. The molecule has 7 heteroatoms. The number of nitrogens with zero attached hydrogens (tertiary/aromatic N) is 2. The second-order valence-electron chi connectivity index (χ2n) is 5.37. The van der Waals surface area contributed by atoms with Gasteiger partial charge in [0.25, 0.3) is 5.91 Å². The average molecular weight is 301 g/mol. The minimum Gasteiger partial charge on any atom is -0.464 e. The number of carbonyl (C=O) groups is 3. The van der Waals surface area contributed by atoms with Crippen molar-refractivity contribution >= 4 is 29.2 Å². The van der Waals surface area contributed by atoms with E-state index in [1.54, 1.807) is 6.07 Å². The third kappa shape index (κ3) is 1.89. The van der Waals surface area contributed by atoms with Crippen LogP contribution in [0, 0.1) is 19.8 Å². The zero-order valence-electron chi connectivity index (χ0n) is 12.4. The topological polar surface area (TPSA) is 88.1 Å². The molecule has 0 aliphatic carbocycles. The van der Waals surface area contributed by atoms with Crippen molar-refractivity contribution in [1.29, 1.82) is 0 Å². The monoisotopic (exact) mass is 301 g/mol. The molecule has 3 rings (SSSR count). The molecule has 1 N–H and O–H groups in total. The number of aryl methyl sites for hydroxylation is 2. The van der Waals surface area contributed by atoms with Gasteiger partial charge in [-0.1, -0.05) is 12.1 Å². The van der Waals surface area contributed by atoms with Gasteiger partial charge < -0.3 is 4.74 Å². The fraction of sp³-hybridized carbons (Fsp3) is 0.333. The summed E-state index contributed by atoms with van der Waals surface area (Å²) in [6.45, 7) is 3.71. The van der Waals surface area contributed by atoms with Crippen LogP contribution in [-0.2, 0) is 19.1 Å². The van der Waals surface area contributed by atoms with Crippen molar-refractivity contribution in [2.45, 2.75) is 19.9 Å². The molecule has 1 aromatic rings. The number of anilines is 1. The lowest BCUT2D eigenvalue weighted by molar-refractivity contribution is -0.133. The first kappa shape index (κ1) is 14.2. The molecule has 0 radical (unpaired) electrons. The second kappa shape index (κ2) is 4.94. The largest absolute Gasteiger partial charge is 0.464 e. The number of esters is 1. The van der Waals surface area contributed by atoms with E-state index in [0.29, 0.717) is 5.69 Å². The highest BCUT2D eigenvalue weighted by molar-refractivity contribution is 6.46. The third-order valence-corrected chi connectivity index (χ3v) is 3.92. The molecular weight excluding hydrogens is 286 g/mol. The van der Waals surface area contributed by atoms with Gasteiger partial charge >= 0.3 is 5.97 Å². The van der Waals surface area contributed by atoms with Gasteiger partial charge in [0, 0.05) is 0 Å². The number of benzene rings is 1. The standard InChI is InChI=1S/C15H15N3O4/c1-7-4-5-8(2)9(6-7)18-13(19)10-11(14(18)20)16-17-12(10)15(21)22-3/h4-6,10-11,16H,1-3H3/t10-,11+/m0/s1. The lowest BCUT2D eigenvalue weighted by atomic mass is 9.99. The highest BCUT2D eigenvalue weighted by Crippen LogP contribution is 2.32. The van der Waals surface area contributed by atoms with Gasteiger partial charge in [0.05, 0.1) is 12.8 Å². The number of fused-ring (bicyclic) bond motifs is 1. The van der Waals surface area contributed by atoms with Crippen LogP contribution in [0.3, 0.4) is 0 Å². The quantitative estimate of drug-likeness (QED) is 0.627. The number of imide groups is 1. The Morgan fingerprint density at radius 1 is 1.27 bits per heavy atom. The number of amides is 2. The van der Waals surface area contributed by atoms with Gasteiger partial charge in [0.15, 0.2) is 5.71 Å². The summed E-state index contributed by atoms with van der Waals surface area (Å²) in [4.78, 5) is 38.0. The maximum Gasteiger partial charge on any atom is 0.355 e. The van der Waals surface area contributed by atoms with Gasteiger partial charge in [0.2, 0.25) is 5.91 Å². The summed E-state index contributed by atoms with van der Waals surface area (Å²) >= 11 is 0. The van der Waals surface area contributed by atoms with Crippen molar-refractivity contribution in [3.63, 3.8) is 0 Å². The third-order valence-electron chi connectivity index (χ3n) is 3.92. The van der Waals surface area contributed by atoms with Crippen molar-refractivity contribution < 1.29 is 19.1 Å². The smallest absolute Gasteiger partial charge is 0.355 e. The van der Waals surface area contributed by atoms with Crippen LogP contribution in [0.25, 0.3) is 0 Å². The molecule has 7 nitrogen and oxygen atoms in total. The van der Waals surface area contributed by atoms with E-state index in [4.69, 9.17) is 0 Å². The van der Waals surface area contributed by atoms with Crippen molar-refractivity contribution in [3.8, 4) is 0 Å². The molecule has 0 unspecified atom stereocenters. The van der Waals surface area contributed by atoms with Crippen LogP contribution in [0.1, 0.15) is 11.1 Å². The SMILES string of the molecule is COC(=O)C1=NN[C@H]2C(=O)N(c3cc(C)ccc3C)C(=O)[C@H]12. The van der Waals surface area contributed by atoms with Gasteiger partial charge in [-0.15, -0.1) is 0 Å². The molecule has 1 saturated heterocycles. The molecule has 1 aromatic carbocycles. The molecule has 0 spiro atoms. The van der Waals surface area contributed by atoms with E-state index in [1.165, 1.54) is 7.11 Å². The van der Waals surface area contributed by atoms with E-state index < -0.39 is 29.7 Å². The molecule has 2 aliphatic heterocycles. The van der Waals surface area contributed by atoms with Crippen LogP contribution < -0.4 is 10.3 Å². The summed E-state index contributed by atoms with van der Waals surface area (Å²) in [5.41, 5.74) is 4.80. The minimum atomic E-state index is -0.931. The fourth-order valence-electron chi connectivity index (χ4n) is 2.76. The number of hydrogen-bond donors (Lipinski definition) is 1. The van der Waals surface area contributed by atoms with Gasteiger partial charge in [-0.3, -0.25) is 15.0 Å². The number of carbonyl (C=O) groups excluding carboxylic acids is 3. The molecule has 1 fully saturated rings. The lowest BCUT2D eigenvalue weighted by Gasteiger charge is -2.18. The molecule has 2 amide bonds. The predicted octanol–water partition coefficient (Wildman–Crippen LogP) is 0.294. The second-order valence-corrected chi connectivity index (χ2v) is 5.37. The molecule has 2 atom stereocenters. The predicted molar refractivity (Wildman–Crippen MR) is 78.3 cm³/mol. The number of methoxy groups -OCH3 is 1. The Bertz CT molecular complexity index is 725. The van der Waals surface area contributed by atoms with Crippen LogP contribution in [0.15, 0.2) is 23.3 Å². The molecule has 0 saturated carbocycles. The van der Waals surface area contributed by atoms with Crippen LogP contribution in [0.4, 0.5) is 5.69 Å². The van der Waals surface area contributed by atoms with E-state index in [0.717, 1.165) is 16.0 Å². The summed E-state index contributed by atoms with van der Waals surface area (Å²) in [5, 5.41) is 3.78. The summed E-state index contributed by atoms with van der Waals surface area (Å²) in [6, 6.07) is 4.69. The maximum atomic E-state index is 12.7. The average Bonchev–Trinajstić information content (AvgIpc) is 3.03. The zero-order valence-corrected chi connectivity index (χ0v) is 12.4. The van der Waals surface area contributed by atoms with Crippen LogP contribution in [-0.4, -0.2) is 36.6 Å². The molecular formula is C15H15N3O4. The van der Waals surface area contributed by atoms with Gasteiger partial charge in [-0.2, -0.15) is 5.10 Å². The summed E-state index contributed by atoms with van der Waals surface area (Å²) in [5.74, 6) is -2.51. The van der Waals surface area contributed by atoms with Crippen molar-refractivity contribution in [2.75, 3.05) is 12.0 Å². The Hall–Kier alpha value is -2.70. The minimum absolute atomic E-state index is 0.0568. The van der Waals surface area contributed by atoms with Crippen LogP contribution >= 0.6 is 0 Å². The van der Waals surface area contributed by atoms with E-state index in [2.05, 4.69) is 15.3 Å². The fourth-order valence-corrected chi connectivity index (χ4v) is 2.76. The molecule has 0 aromatic heterocycles. The summed E-state index contributed by atoms with van der Waals surface area (Å²) in [6.07, 6.45) is 0. The van der Waals surface area contributed by atoms with Crippen molar-refractivity contribution in [3.05, 3.63) is 29.3 Å². The highest BCUT2D eigenvalue weighted by atomic mass is 16.5. The van der Waals surface area contributed by atoms with Gasteiger partial charge in [0.1, 0.15) is 12.0 Å². The number of nitrogens with one attached hydrogen (secondary N) is 1. The summed E-state index contributed by atoms with van der Waals surface area (Å²) < 4.78 is 4.62. The van der Waals surface area contributed by atoms with E-state index in [1.807, 2.05) is 26.0 Å². The lowest BCUT2D eigenvalue weighted by Crippen LogP contribution is -2.36. The first-order valence-electron chi connectivity index (χ1n) is 6.82. The molecule has 2 aliphatic rings. The maximum absolute atomic E-state index is 12.7. The van der Waals surface area contributed by atoms with E-state index in [-0.39, 0.29) is 5.71 Å². The number of hydrogen-bond acceptors (Lipinski definition) is 6. The number of hydrazone groups is 1.